The number of rotatable bonds is 2. The minimum absolute atomic E-state index is 0.0000774. The first-order chi connectivity index (χ1) is 7.65. The predicted molar refractivity (Wildman–Crippen MR) is 58.7 cm³/mol. The Morgan fingerprint density at radius 2 is 2.12 bits per heavy atom. The van der Waals surface area contributed by atoms with E-state index in [1.807, 2.05) is 6.92 Å². The van der Waals surface area contributed by atoms with E-state index in [2.05, 4.69) is 5.32 Å². The first-order valence-corrected chi connectivity index (χ1v) is 6.13. The van der Waals surface area contributed by atoms with Gasteiger partial charge in [-0.2, -0.15) is 0 Å². The number of amides is 1. The van der Waals surface area contributed by atoms with Crippen LogP contribution in [0.15, 0.2) is 0 Å². The van der Waals surface area contributed by atoms with Gasteiger partial charge in [-0.3, -0.25) is 9.59 Å². The van der Waals surface area contributed by atoms with E-state index in [1.165, 1.54) is 0 Å². The van der Waals surface area contributed by atoms with Gasteiger partial charge in [-0.05, 0) is 39.0 Å². The van der Waals surface area contributed by atoms with Crippen LogP contribution in [0.4, 0.5) is 0 Å². The lowest BCUT2D eigenvalue weighted by Crippen LogP contribution is -2.45. The topological polar surface area (TPSA) is 55.4 Å². The normalized spacial score (nSPS) is 33.8. The van der Waals surface area contributed by atoms with Crippen LogP contribution in [0.5, 0.6) is 0 Å². The molecule has 1 saturated carbocycles. The maximum absolute atomic E-state index is 11.6. The molecule has 1 N–H and O–H groups in total. The molecule has 0 atom stereocenters. The molecule has 16 heavy (non-hydrogen) atoms. The van der Waals surface area contributed by atoms with Crippen molar-refractivity contribution < 1.29 is 14.3 Å². The molecule has 2 aliphatic rings. The highest BCUT2D eigenvalue weighted by molar-refractivity contribution is 5.79. The highest BCUT2D eigenvalue weighted by Gasteiger charge is 2.42. The smallest absolute Gasteiger partial charge is 0.308 e. The average molecular weight is 225 g/mol. The van der Waals surface area contributed by atoms with E-state index in [0.717, 1.165) is 32.1 Å². The first-order valence-electron chi connectivity index (χ1n) is 6.13. The van der Waals surface area contributed by atoms with Gasteiger partial charge in [-0.15, -0.1) is 0 Å². The Labute approximate surface area is 95.7 Å². The summed E-state index contributed by atoms with van der Waals surface area (Å²) in [5.74, 6) is 0.138. The molecular formula is C12H19NO3. The summed E-state index contributed by atoms with van der Waals surface area (Å²) in [5.41, 5.74) is 0.0000774. The van der Waals surface area contributed by atoms with E-state index in [1.54, 1.807) is 0 Å². The SMILES string of the molecule is CCOC(=O)C1CCC2(CCC(=O)N2)CC1. The standard InChI is InChI=1S/C12H19NO3/c1-2-16-11(15)9-3-6-12(7-4-9)8-5-10(14)13-12/h9H,2-8H2,1H3,(H,13,14). The Kier molecular flexibility index (Phi) is 3.17. The van der Waals surface area contributed by atoms with Crippen LogP contribution < -0.4 is 5.32 Å². The van der Waals surface area contributed by atoms with Gasteiger partial charge in [0.2, 0.25) is 5.91 Å². The van der Waals surface area contributed by atoms with Crippen molar-refractivity contribution >= 4 is 11.9 Å². The maximum Gasteiger partial charge on any atom is 0.308 e. The molecule has 2 fully saturated rings. The Balaban J connectivity index is 1.87. The lowest BCUT2D eigenvalue weighted by Gasteiger charge is -2.36. The van der Waals surface area contributed by atoms with E-state index in [4.69, 9.17) is 4.74 Å². The number of carbonyl (C=O) groups is 2. The van der Waals surface area contributed by atoms with Gasteiger partial charge >= 0.3 is 5.97 Å². The average Bonchev–Trinajstić information content (AvgIpc) is 2.61. The molecule has 0 radical (unpaired) electrons. The van der Waals surface area contributed by atoms with Crippen molar-refractivity contribution in [2.75, 3.05) is 6.61 Å². The molecule has 1 aliphatic heterocycles. The third-order valence-electron chi connectivity index (χ3n) is 3.80. The third kappa shape index (κ3) is 2.20. The fourth-order valence-corrected chi connectivity index (χ4v) is 2.81. The van der Waals surface area contributed by atoms with Crippen molar-refractivity contribution in [3.8, 4) is 0 Å². The molecule has 4 nitrogen and oxygen atoms in total. The third-order valence-corrected chi connectivity index (χ3v) is 3.80. The van der Waals surface area contributed by atoms with Gasteiger partial charge in [-0.25, -0.2) is 0 Å². The zero-order chi connectivity index (χ0) is 11.6. The van der Waals surface area contributed by atoms with Crippen LogP contribution in [0.25, 0.3) is 0 Å². The molecule has 0 aromatic carbocycles. The molecule has 0 aromatic heterocycles. The van der Waals surface area contributed by atoms with Crippen LogP contribution in [-0.4, -0.2) is 24.0 Å². The Morgan fingerprint density at radius 1 is 1.44 bits per heavy atom. The summed E-state index contributed by atoms with van der Waals surface area (Å²) in [5, 5.41) is 3.07. The van der Waals surface area contributed by atoms with Gasteiger partial charge in [0.1, 0.15) is 0 Å². The molecule has 90 valence electrons. The predicted octanol–water partition coefficient (Wildman–Crippen LogP) is 1.39. The van der Waals surface area contributed by atoms with E-state index in [0.29, 0.717) is 13.0 Å². The fraction of sp³-hybridized carbons (Fsp3) is 0.833. The number of esters is 1. The minimum atomic E-state index is -0.0679. The zero-order valence-corrected chi connectivity index (χ0v) is 9.75. The first kappa shape index (κ1) is 11.4. The van der Waals surface area contributed by atoms with Crippen LogP contribution >= 0.6 is 0 Å². The van der Waals surface area contributed by atoms with Crippen LogP contribution in [0, 0.1) is 5.92 Å². The Bertz CT molecular complexity index is 293. The number of ether oxygens (including phenoxy) is 1. The minimum Gasteiger partial charge on any atom is -0.466 e. The van der Waals surface area contributed by atoms with Crippen molar-refractivity contribution in [3.05, 3.63) is 0 Å². The van der Waals surface area contributed by atoms with E-state index >= 15 is 0 Å². The molecule has 4 heteroatoms. The van der Waals surface area contributed by atoms with E-state index in [9.17, 15) is 9.59 Å². The summed E-state index contributed by atoms with van der Waals surface area (Å²) in [6, 6.07) is 0. The maximum atomic E-state index is 11.6. The van der Waals surface area contributed by atoms with Gasteiger partial charge in [0.15, 0.2) is 0 Å². The van der Waals surface area contributed by atoms with E-state index < -0.39 is 0 Å². The number of hydrogen-bond acceptors (Lipinski definition) is 3. The highest BCUT2D eigenvalue weighted by atomic mass is 16.5. The molecule has 1 spiro atoms. The second-order valence-corrected chi connectivity index (χ2v) is 4.85. The summed E-state index contributed by atoms with van der Waals surface area (Å²) in [4.78, 5) is 22.8. The number of nitrogens with one attached hydrogen (secondary N) is 1. The van der Waals surface area contributed by atoms with Gasteiger partial charge in [0, 0.05) is 12.0 Å². The molecule has 0 unspecified atom stereocenters. The van der Waals surface area contributed by atoms with Gasteiger partial charge in [0.25, 0.3) is 0 Å². The summed E-state index contributed by atoms with van der Waals surface area (Å²) in [6.07, 6.45) is 5.11. The molecule has 1 aliphatic carbocycles. The molecule has 1 heterocycles. The molecule has 0 aromatic rings. The van der Waals surface area contributed by atoms with Crippen molar-refractivity contribution in [2.45, 2.75) is 51.0 Å². The van der Waals surface area contributed by atoms with Crippen molar-refractivity contribution in [1.82, 2.24) is 5.32 Å². The lowest BCUT2D eigenvalue weighted by atomic mass is 9.76. The van der Waals surface area contributed by atoms with Crippen molar-refractivity contribution in [2.24, 2.45) is 5.92 Å². The van der Waals surface area contributed by atoms with Crippen LogP contribution in [0.1, 0.15) is 45.4 Å². The quantitative estimate of drug-likeness (QED) is 0.722. The monoisotopic (exact) mass is 225 g/mol. The number of hydrogen-bond donors (Lipinski definition) is 1. The van der Waals surface area contributed by atoms with Crippen LogP contribution in [-0.2, 0) is 14.3 Å². The van der Waals surface area contributed by atoms with Crippen LogP contribution in [0.2, 0.25) is 0 Å². The van der Waals surface area contributed by atoms with Crippen LogP contribution in [0.3, 0.4) is 0 Å². The summed E-state index contributed by atoms with van der Waals surface area (Å²) in [7, 11) is 0. The fourth-order valence-electron chi connectivity index (χ4n) is 2.81. The van der Waals surface area contributed by atoms with Gasteiger partial charge in [0.05, 0.1) is 12.5 Å². The van der Waals surface area contributed by atoms with E-state index in [-0.39, 0.29) is 23.3 Å². The van der Waals surface area contributed by atoms with Gasteiger partial charge < -0.3 is 10.1 Å². The highest BCUT2D eigenvalue weighted by Crippen LogP contribution is 2.38. The molecule has 2 rings (SSSR count). The summed E-state index contributed by atoms with van der Waals surface area (Å²) < 4.78 is 5.03. The zero-order valence-electron chi connectivity index (χ0n) is 9.75. The molecule has 1 amide bonds. The molecular weight excluding hydrogens is 206 g/mol. The second kappa shape index (κ2) is 4.44. The van der Waals surface area contributed by atoms with Gasteiger partial charge in [-0.1, -0.05) is 0 Å². The largest absolute Gasteiger partial charge is 0.466 e. The number of carbonyl (C=O) groups excluding carboxylic acids is 2. The van der Waals surface area contributed by atoms with Crippen molar-refractivity contribution in [1.29, 1.82) is 0 Å². The Morgan fingerprint density at radius 3 is 2.62 bits per heavy atom. The lowest BCUT2D eigenvalue weighted by molar-refractivity contribution is -0.149. The Hall–Kier alpha value is -1.06. The summed E-state index contributed by atoms with van der Waals surface area (Å²) in [6.45, 7) is 2.29. The molecule has 0 bridgehead atoms. The molecule has 1 saturated heterocycles. The summed E-state index contributed by atoms with van der Waals surface area (Å²) >= 11 is 0. The van der Waals surface area contributed by atoms with Crippen molar-refractivity contribution in [3.63, 3.8) is 0 Å². The second-order valence-electron chi connectivity index (χ2n) is 4.85.